The van der Waals surface area contributed by atoms with Crippen molar-refractivity contribution in [2.24, 2.45) is 0 Å². The third kappa shape index (κ3) is 5.08. The Labute approximate surface area is 183 Å². The van der Waals surface area contributed by atoms with Crippen molar-refractivity contribution in [1.82, 2.24) is 5.32 Å². The van der Waals surface area contributed by atoms with E-state index in [9.17, 15) is 14.0 Å². The molecule has 0 radical (unpaired) electrons. The molecule has 2 aromatic rings. The summed E-state index contributed by atoms with van der Waals surface area (Å²) in [5.74, 6) is 0.209. The molecule has 2 heterocycles. The largest absolute Gasteiger partial charge is 0.316 e. The fourth-order valence-corrected chi connectivity index (χ4v) is 4.35. The van der Waals surface area contributed by atoms with Crippen LogP contribution in [-0.2, 0) is 24.1 Å². The van der Waals surface area contributed by atoms with Gasteiger partial charge in [-0.25, -0.2) is 4.39 Å². The molecule has 0 bridgehead atoms. The van der Waals surface area contributed by atoms with E-state index in [4.69, 9.17) is 0 Å². The number of rotatable bonds is 9. The minimum absolute atomic E-state index is 0. The summed E-state index contributed by atoms with van der Waals surface area (Å²) in [7, 11) is 0. The standard InChI is InChI=1S/C24H27FN2O2.ClH/c25-21-5-3-4-17(14-21)9-12-26-11-2-1-6-22(28)20-15-18-7-8-23(29)27-13-10-19(16-20)24(18)27;/h3-5,14-16,26H,1-2,6-13H2;1H. The number of carbonyl (C=O) groups is 2. The molecule has 0 saturated carbocycles. The van der Waals surface area contributed by atoms with Gasteiger partial charge in [-0.3, -0.25) is 9.59 Å². The van der Waals surface area contributed by atoms with E-state index < -0.39 is 0 Å². The van der Waals surface area contributed by atoms with Gasteiger partial charge < -0.3 is 10.2 Å². The normalized spacial score (nSPS) is 14.4. The van der Waals surface area contributed by atoms with Crippen molar-refractivity contribution in [1.29, 1.82) is 0 Å². The first kappa shape index (κ1) is 22.4. The molecule has 4 rings (SSSR count). The Morgan fingerprint density at radius 2 is 1.83 bits per heavy atom. The Morgan fingerprint density at radius 1 is 1.03 bits per heavy atom. The SMILES string of the molecule is Cl.O=C(CCCCNCCc1cccc(F)c1)c1cc2c3c(c1)CCN3C(=O)CC2. The van der Waals surface area contributed by atoms with Crippen molar-refractivity contribution in [2.45, 2.75) is 44.9 Å². The molecular formula is C24H28ClFN2O2. The zero-order chi connectivity index (χ0) is 20.2. The summed E-state index contributed by atoms with van der Waals surface area (Å²) < 4.78 is 13.1. The second-order valence-corrected chi connectivity index (χ2v) is 7.95. The van der Waals surface area contributed by atoms with Crippen molar-refractivity contribution >= 4 is 29.8 Å². The number of ketones is 1. The van der Waals surface area contributed by atoms with E-state index in [0.717, 1.165) is 79.7 Å². The summed E-state index contributed by atoms with van der Waals surface area (Å²) in [5, 5.41) is 3.36. The maximum absolute atomic E-state index is 13.1. The Morgan fingerprint density at radius 3 is 2.63 bits per heavy atom. The van der Waals surface area contributed by atoms with Crippen LogP contribution in [0.4, 0.5) is 10.1 Å². The van der Waals surface area contributed by atoms with Crippen molar-refractivity contribution in [3.8, 4) is 0 Å². The van der Waals surface area contributed by atoms with Gasteiger partial charge in [-0.1, -0.05) is 12.1 Å². The Kier molecular flexibility index (Phi) is 7.62. The number of aryl methyl sites for hydroxylation is 1. The summed E-state index contributed by atoms with van der Waals surface area (Å²) in [6.45, 7) is 2.41. The molecule has 2 aromatic carbocycles. The molecule has 0 atom stereocenters. The van der Waals surface area contributed by atoms with Gasteiger partial charge in [-0.05, 0) is 86.1 Å². The molecule has 160 valence electrons. The fourth-order valence-electron chi connectivity index (χ4n) is 4.35. The van der Waals surface area contributed by atoms with E-state index in [1.807, 2.05) is 23.1 Å². The highest BCUT2D eigenvalue weighted by molar-refractivity contribution is 6.02. The highest BCUT2D eigenvalue weighted by Gasteiger charge is 2.31. The maximum Gasteiger partial charge on any atom is 0.227 e. The first-order chi connectivity index (χ1) is 14.1. The number of amides is 1. The third-order valence-corrected chi connectivity index (χ3v) is 5.86. The first-order valence-corrected chi connectivity index (χ1v) is 10.6. The lowest BCUT2D eigenvalue weighted by Gasteiger charge is -2.25. The molecule has 30 heavy (non-hydrogen) atoms. The number of Topliss-reactive ketones (excluding diaryl/α,β-unsaturated/α-hetero) is 1. The summed E-state index contributed by atoms with van der Waals surface area (Å²) in [6, 6.07) is 10.7. The van der Waals surface area contributed by atoms with Gasteiger partial charge in [0.2, 0.25) is 5.91 Å². The van der Waals surface area contributed by atoms with Crippen LogP contribution in [0.15, 0.2) is 36.4 Å². The molecule has 2 aliphatic heterocycles. The molecule has 4 nitrogen and oxygen atoms in total. The van der Waals surface area contributed by atoms with Crippen LogP contribution in [0, 0.1) is 5.82 Å². The first-order valence-electron chi connectivity index (χ1n) is 10.6. The number of nitrogens with one attached hydrogen (secondary N) is 1. The number of hydrogen-bond donors (Lipinski definition) is 1. The predicted molar refractivity (Wildman–Crippen MR) is 119 cm³/mol. The molecule has 0 aliphatic carbocycles. The van der Waals surface area contributed by atoms with Crippen LogP contribution in [0.25, 0.3) is 0 Å². The van der Waals surface area contributed by atoms with E-state index in [-0.39, 0.29) is 29.9 Å². The molecular weight excluding hydrogens is 403 g/mol. The molecule has 2 aliphatic rings. The van der Waals surface area contributed by atoms with Crippen LogP contribution < -0.4 is 10.2 Å². The zero-order valence-corrected chi connectivity index (χ0v) is 17.9. The third-order valence-electron chi connectivity index (χ3n) is 5.86. The van der Waals surface area contributed by atoms with Gasteiger partial charge in [0, 0.05) is 24.9 Å². The molecule has 0 unspecified atom stereocenters. The zero-order valence-electron chi connectivity index (χ0n) is 17.1. The van der Waals surface area contributed by atoms with E-state index in [0.29, 0.717) is 12.8 Å². The summed E-state index contributed by atoms with van der Waals surface area (Å²) >= 11 is 0. The number of halogens is 2. The van der Waals surface area contributed by atoms with E-state index in [2.05, 4.69) is 5.32 Å². The van der Waals surface area contributed by atoms with E-state index in [1.54, 1.807) is 12.1 Å². The molecule has 1 N–H and O–H groups in total. The minimum Gasteiger partial charge on any atom is -0.316 e. The second kappa shape index (κ2) is 10.2. The molecule has 0 spiro atoms. The number of benzene rings is 2. The molecule has 6 heteroatoms. The van der Waals surface area contributed by atoms with Gasteiger partial charge in [0.25, 0.3) is 0 Å². The van der Waals surface area contributed by atoms with Gasteiger partial charge >= 0.3 is 0 Å². The van der Waals surface area contributed by atoms with Gasteiger partial charge in [0.05, 0.1) is 5.69 Å². The van der Waals surface area contributed by atoms with Crippen LogP contribution >= 0.6 is 12.4 Å². The van der Waals surface area contributed by atoms with Crippen LogP contribution in [-0.4, -0.2) is 31.3 Å². The van der Waals surface area contributed by atoms with Gasteiger partial charge in [-0.2, -0.15) is 0 Å². The van der Waals surface area contributed by atoms with Crippen molar-refractivity contribution < 1.29 is 14.0 Å². The predicted octanol–water partition coefficient (Wildman–Crippen LogP) is 4.27. The fraction of sp³-hybridized carbons (Fsp3) is 0.417. The quantitative estimate of drug-likeness (QED) is 0.477. The minimum atomic E-state index is -0.193. The molecule has 1 amide bonds. The Hall–Kier alpha value is -2.24. The van der Waals surface area contributed by atoms with Crippen LogP contribution in [0.3, 0.4) is 0 Å². The monoisotopic (exact) mass is 430 g/mol. The Bertz CT molecular complexity index is 931. The van der Waals surface area contributed by atoms with Crippen molar-refractivity contribution in [3.05, 3.63) is 64.5 Å². The summed E-state index contributed by atoms with van der Waals surface area (Å²) in [5.41, 5.74) is 5.17. The topological polar surface area (TPSA) is 49.4 Å². The van der Waals surface area contributed by atoms with Crippen LogP contribution in [0.5, 0.6) is 0 Å². The molecule has 0 fully saturated rings. The molecule has 0 saturated heterocycles. The highest BCUT2D eigenvalue weighted by Crippen LogP contribution is 2.37. The van der Waals surface area contributed by atoms with Crippen molar-refractivity contribution in [2.75, 3.05) is 24.5 Å². The summed E-state index contributed by atoms with van der Waals surface area (Å²) in [6.07, 6.45) is 5.28. The van der Waals surface area contributed by atoms with Crippen molar-refractivity contribution in [3.63, 3.8) is 0 Å². The van der Waals surface area contributed by atoms with Crippen LogP contribution in [0.2, 0.25) is 0 Å². The average molecular weight is 431 g/mol. The van der Waals surface area contributed by atoms with Crippen LogP contribution in [0.1, 0.15) is 52.7 Å². The lowest BCUT2D eigenvalue weighted by molar-refractivity contribution is -0.118. The van der Waals surface area contributed by atoms with Gasteiger partial charge in [0.15, 0.2) is 5.78 Å². The second-order valence-electron chi connectivity index (χ2n) is 7.95. The number of unbranched alkanes of at least 4 members (excludes halogenated alkanes) is 1. The number of anilines is 1. The van der Waals surface area contributed by atoms with E-state index >= 15 is 0 Å². The summed E-state index contributed by atoms with van der Waals surface area (Å²) in [4.78, 5) is 26.6. The Balaban J connectivity index is 0.00000256. The number of nitrogens with zero attached hydrogens (tertiary/aromatic N) is 1. The lowest BCUT2D eigenvalue weighted by Crippen LogP contribution is -2.32. The van der Waals surface area contributed by atoms with E-state index in [1.165, 1.54) is 6.07 Å². The van der Waals surface area contributed by atoms with Gasteiger partial charge in [-0.15, -0.1) is 12.4 Å². The number of hydrogen-bond acceptors (Lipinski definition) is 3. The lowest BCUT2D eigenvalue weighted by atomic mass is 9.94. The van der Waals surface area contributed by atoms with Gasteiger partial charge in [0.1, 0.15) is 5.82 Å². The maximum atomic E-state index is 13.1. The molecule has 0 aromatic heterocycles. The smallest absolute Gasteiger partial charge is 0.227 e. The number of carbonyl (C=O) groups excluding carboxylic acids is 2. The highest BCUT2D eigenvalue weighted by atomic mass is 35.5. The average Bonchev–Trinajstić information content (AvgIpc) is 3.15.